The Morgan fingerprint density at radius 3 is 2.67 bits per heavy atom. The van der Waals surface area contributed by atoms with E-state index in [1.165, 1.54) is 7.11 Å². The first-order valence-corrected chi connectivity index (χ1v) is 9.15. The minimum Gasteiger partial charge on any atom is -0.494 e. The number of amides is 1. The zero-order valence-corrected chi connectivity index (χ0v) is 15.6. The number of hydrogen-bond acceptors (Lipinski definition) is 4. The van der Waals surface area contributed by atoms with E-state index in [-0.39, 0.29) is 12.5 Å². The van der Waals surface area contributed by atoms with Crippen molar-refractivity contribution in [3.8, 4) is 5.75 Å². The summed E-state index contributed by atoms with van der Waals surface area (Å²) in [7, 11) is 1.51. The Kier molecular flexibility index (Phi) is 6.82. The Hall–Kier alpha value is -2.86. The molecule has 0 atom stereocenters. The molecule has 0 saturated heterocycles. The number of ether oxygens (including phenoxy) is 2. The van der Waals surface area contributed by atoms with Crippen molar-refractivity contribution in [3.05, 3.63) is 60.4 Å². The number of carbonyl (C=O) groups is 1. The van der Waals surface area contributed by atoms with Crippen LogP contribution in [-0.4, -0.2) is 35.8 Å². The van der Waals surface area contributed by atoms with E-state index in [9.17, 15) is 4.79 Å². The van der Waals surface area contributed by atoms with Gasteiger partial charge in [0, 0.05) is 13.7 Å². The van der Waals surface area contributed by atoms with Crippen LogP contribution in [0.2, 0.25) is 0 Å². The molecule has 2 aromatic carbocycles. The van der Waals surface area contributed by atoms with Crippen molar-refractivity contribution < 1.29 is 14.3 Å². The number of nitrogens with one attached hydrogen (secondary N) is 1. The van der Waals surface area contributed by atoms with E-state index in [0.717, 1.165) is 42.0 Å². The summed E-state index contributed by atoms with van der Waals surface area (Å²) in [5.74, 6) is 1.60. The van der Waals surface area contributed by atoms with Crippen LogP contribution in [0.4, 0.5) is 0 Å². The molecule has 3 rings (SSSR count). The molecule has 6 nitrogen and oxygen atoms in total. The van der Waals surface area contributed by atoms with Gasteiger partial charge in [-0.2, -0.15) is 0 Å². The maximum absolute atomic E-state index is 11.7. The molecule has 6 heteroatoms. The maximum atomic E-state index is 11.7. The molecule has 0 aliphatic carbocycles. The molecular weight excluding hydrogens is 342 g/mol. The average Bonchev–Trinajstić information content (AvgIpc) is 3.05. The lowest BCUT2D eigenvalue weighted by atomic mass is 10.3. The van der Waals surface area contributed by atoms with Crippen LogP contribution in [0.1, 0.15) is 18.7 Å². The van der Waals surface area contributed by atoms with Crippen molar-refractivity contribution in [3.63, 3.8) is 0 Å². The molecule has 0 bridgehead atoms. The first-order valence-electron chi connectivity index (χ1n) is 9.15. The molecular formula is C21H25N3O3. The molecule has 0 aliphatic heterocycles. The van der Waals surface area contributed by atoms with Gasteiger partial charge in [-0.05, 0) is 37.1 Å². The first kappa shape index (κ1) is 18.9. The molecule has 0 radical (unpaired) electrons. The first-order chi connectivity index (χ1) is 13.3. The summed E-state index contributed by atoms with van der Waals surface area (Å²) in [6, 6.07) is 17.9. The van der Waals surface area contributed by atoms with Gasteiger partial charge in [0.05, 0.1) is 24.2 Å². The molecule has 0 unspecified atom stereocenters. The maximum Gasteiger partial charge on any atom is 0.246 e. The van der Waals surface area contributed by atoms with Gasteiger partial charge < -0.3 is 19.4 Å². The molecule has 0 aliphatic rings. The Labute approximate surface area is 159 Å². The van der Waals surface area contributed by atoms with Gasteiger partial charge in [0.1, 0.15) is 18.2 Å². The normalized spacial score (nSPS) is 10.9. The number of carbonyl (C=O) groups excluding carboxylic acids is 1. The molecule has 0 saturated carbocycles. The summed E-state index contributed by atoms with van der Waals surface area (Å²) in [4.78, 5) is 16.4. The Morgan fingerprint density at radius 2 is 1.85 bits per heavy atom. The number of para-hydroxylation sites is 3. The van der Waals surface area contributed by atoms with E-state index in [1.807, 2.05) is 48.5 Å². The fourth-order valence-electron chi connectivity index (χ4n) is 2.95. The number of imidazole rings is 1. The molecule has 1 heterocycles. The smallest absolute Gasteiger partial charge is 0.246 e. The SMILES string of the molecule is COCC(=O)NCc1nc2ccccc2n1CCCCOc1ccccc1. The number of unbranched alkanes of at least 4 members (excludes halogenated alkanes) is 1. The van der Waals surface area contributed by atoms with Gasteiger partial charge in [-0.25, -0.2) is 4.98 Å². The standard InChI is InChI=1S/C21H25N3O3/c1-26-16-21(25)22-15-20-23-18-11-5-6-12-19(18)24(20)13-7-8-14-27-17-9-3-2-4-10-17/h2-6,9-12H,7-8,13-16H2,1H3,(H,22,25). The van der Waals surface area contributed by atoms with Crippen LogP contribution in [0.3, 0.4) is 0 Å². The minimum atomic E-state index is -0.146. The second-order valence-corrected chi connectivity index (χ2v) is 6.25. The molecule has 27 heavy (non-hydrogen) atoms. The third kappa shape index (κ3) is 5.31. The topological polar surface area (TPSA) is 65.4 Å². The highest BCUT2D eigenvalue weighted by Crippen LogP contribution is 2.17. The molecule has 3 aromatic rings. The Morgan fingerprint density at radius 1 is 1.07 bits per heavy atom. The zero-order chi connectivity index (χ0) is 18.9. The second-order valence-electron chi connectivity index (χ2n) is 6.25. The summed E-state index contributed by atoms with van der Waals surface area (Å²) >= 11 is 0. The van der Waals surface area contributed by atoms with Crippen molar-refractivity contribution in [1.82, 2.24) is 14.9 Å². The van der Waals surface area contributed by atoms with Crippen LogP contribution in [-0.2, 0) is 22.6 Å². The summed E-state index contributed by atoms with van der Waals surface area (Å²) in [5, 5.41) is 2.85. The summed E-state index contributed by atoms with van der Waals surface area (Å²) in [5.41, 5.74) is 2.02. The van der Waals surface area contributed by atoms with E-state index in [2.05, 4.69) is 20.9 Å². The fraction of sp³-hybridized carbons (Fsp3) is 0.333. The number of benzene rings is 2. The number of methoxy groups -OCH3 is 1. The van der Waals surface area contributed by atoms with Crippen LogP contribution in [0.5, 0.6) is 5.75 Å². The van der Waals surface area contributed by atoms with Crippen LogP contribution in [0, 0.1) is 0 Å². The van der Waals surface area contributed by atoms with Gasteiger partial charge in [0.15, 0.2) is 0 Å². The van der Waals surface area contributed by atoms with E-state index >= 15 is 0 Å². The molecule has 1 N–H and O–H groups in total. The summed E-state index contributed by atoms with van der Waals surface area (Å²) in [6.07, 6.45) is 1.91. The molecule has 0 fully saturated rings. The fourth-order valence-corrected chi connectivity index (χ4v) is 2.95. The number of aryl methyl sites for hydroxylation is 1. The average molecular weight is 367 g/mol. The predicted octanol–water partition coefficient (Wildman–Crippen LogP) is 3.16. The monoisotopic (exact) mass is 367 g/mol. The van der Waals surface area contributed by atoms with Gasteiger partial charge in [-0.1, -0.05) is 30.3 Å². The Bertz CT molecular complexity index is 861. The van der Waals surface area contributed by atoms with Gasteiger partial charge >= 0.3 is 0 Å². The summed E-state index contributed by atoms with van der Waals surface area (Å²) < 4.78 is 12.8. The number of rotatable bonds is 10. The number of hydrogen-bond donors (Lipinski definition) is 1. The van der Waals surface area contributed by atoms with E-state index in [0.29, 0.717) is 13.2 Å². The second kappa shape index (κ2) is 9.73. The predicted molar refractivity (Wildman–Crippen MR) is 105 cm³/mol. The largest absolute Gasteiger partial charge is 0.494 e. The van der Waals surface area contributed by atoms with E-state index < -0.39 is 0 Å². The summed E-state index contributed by atoms with van der Waals surface area (Å²) in [6.45, 7) is 1.94. The quantitative estimate of drug-likeness (QED) is 0.559. The van der Waals surface area contributed by atoms with Crippen molar-refractivity contribution in [2.45, 2.75) is 25.9 Å². The molecule has 1 aromatic heterocycles. The van der Waals surface area contributed by atoms with Gasteiger partial charge in [-0.3, -0.25) is 4.79 Å². The molecule has 142 valence electrons. The number of aromatic nitrogens is 2. The Balaban J connectivity index is 1.58. The highest BCUT2D eigenvalue weighted by Gasteiger charge is 2.11. The van der Waals surface area contributed by atoms with Gasteiger partial charge in [-0.15, -0.1) is 0 Å². The zero-order valence-electron chi connectivity index (χ0n) is 15.6. The number of fused-ring (bicyclic) bond motifs is 1. The highest BCUT2D eigenvalue weighted by atomic mass is 16.5. The lowest BCUT2D eigenvalue weighted by Crippen LogP contribution is -2.28. The van der Waals surface area contributed by atoms with Crippen molar-refractivity contribution in [2.24, 2.45) is 0 Å². The third-order valence-corrected chi connectivity index (χ3v) is 4.24. The highest BCUT2D eigenvalue weighted by molar-refractivity contribution is 5.78. The van der Waals surface area contributed by atoms with Crippen molar-refractivity contribution >= 4 is 16.9 Å². The van der Waals surface area contributed by atoms with Crippen LogP contribution in [0.15, 0.2) is 54.6 Å². The van der Waals surface area contributed by atoms with Gasteiger partial charge in [0.2, 0.25) is 5.91 Å². The van der Waals surface area contributed by atoms with Crippen LogP contribution >= 0.6 is 0 Å². The molecule has 1 amide bonds. The lowest BCUT2D eigenvalue weighted by molar-refractivity contribution is -0.124. The van der Waals surface area contributed by atoms with Gasteiger partial charge in [0.25, 0.3) is 0 Å². The minimum absolute atomic E-state index is 0.0526. The van der Waals surface area contributed by atoms with Crippen LogP contribution < -0.4 is 10.1 Å². The van der Waals surface area contributed by atoms with E-state index in [4.69, 9.17) is 9.47 Å². The third-order valence-electron chi connectivity index (χ3n) is 4.24. The lowest BCUT2D eigenvalue weighted by Gasteiger charge is -2.11. The van der Waals surface area contributed by atoms with Crippen LogP contribution in [0.25, 0.3) is 11.0 Å². The number of nitrogens with zero attached hydrogens (tertiary/aromatic N) is 2. The van der Waals surface area contributed by atoms with Crippen molar-refractivity contribution in [2.75, 3.05) is 20.3 Å². The molecule has 0 spiro atoms. The van der Waals surface area contributed by atoms with Crippen molar-refractivity contribution in [1.29, 1.82) is 0 Å². The van der Waals surface area contributed by atoms with E-state index in [1.54, 1.807) is 0 Å².